The van der Waals surface area contributed by atoms with E-state index < -0.39 is 10.9 Å². The first-order chi connectivity index (χ1) is 8.77. The van der Waals surface area contributed by atoms with Gasteiger partial charge in [0.2, 0.25) is 0 Å². The topological polar surface area (TPSA) is 133 Å². The molecule has 0 aliphatic rings. The van der Waals surface area contributed by atoms with Gasteiger partial charge in [0, 0.05) is 0 Å². The Labute approximate surface area is 108 Å². The van der Waals surface area contributed by atoms with E-state index in [1.807, 2.05) is 0 Å². The molecule has 0 atom stereocenters. The molecule has 1 rings (SSSR count). The van der Waals surface area contributed by atoms with E-state index in [4.69, 9.17) is 15.6 Å². The molecule has 19 heavy (non-hydrogen) atoms. The van der Waals surface area contributed by atoms with Crippen LogP contribution in [0.5, 0.6) is 5.75 Å². The number of nitro groups is 1. The number of nitrogens with zero attached hydrogens (tertiary/aromatic N) is 1. The summed E-state index contributed by atoms with van der Waals surface area (Å²) >= 11 is 0. The fraction of sp³-hybridized carbons (Fsp3) is 0.273. The van der Waals surface area contributed by atoms with Crippen molar-refractivity contribution >= 4 is 23.1 Å². The van der Waals surface area contributed by atoms with Crippen LogP contribution in [-0.2, 0) is 9.59 Å². The quantitative estimate of drug-likeness (QED) is 0.364. The number of benzene rings is 1. The van der Waals surface area contributed by atoms with Crippen molar-refractivity contribution in [3.63, 3.8) is 0 Å². The molecule has 0 saturated carbocycles. The van der Waals surface area contributed by atoms with Gasteiger partial charge in [-0.3, -0.25) is 19.7 Å². The number of ketones is 1. The van der Waals surface area contributed by atoms with Crippen LogP contribution in [0.25, 0.3) is 0 Å². The maximum absolute atomic E-state index is 10.4. The number of carbonyl (C=O) groups excluding carboxylic acids is 1. The molecule has 0 saturated heterocycles. The second kappa shape index (κ2) is 7.64. The summed E-state index contributed by atoms with van der Waals surface area (Å²) in [5, 5.41) is 18.2. The molecule has 1 aromatic carbocycles. The first kappa shape index (κ1) is 16.4. The molecule has 0 aliphatic heterocycles. The van der Waals surface area contributed by atoms with Crippen molar-refractivity contribution in [1.82, 2.24) is 0 Å². The third kappa shape index (κ3) is 6.61. The summed E-state index contributed by atoms with van der Waals surface area (Å²) in [5.41, 5.74) is 5.36. The van der Waals surface area contributed by atoms with Crippen LogP contribution in [0.4, 0.5) is 11.4 Å². The van der Waals surface area contributed by atoms with Crippen molar-refractivity contribution in [3.05, 3.63) is 28.3 Å². The summed E-state index contributed by atoms with van der Waals surface area (Å²) in [5.74, 6) is -0.948. The molecule has 8 nitrogen and oxygen atoms in total. The fourth-order valence-corrected chi connectivity index (χ4v) is 1.02. The molecule has 0 fully saturated rings. The van der Waals surface area contributed by atoms with Gasteiger partial charge in [-0.05, 0) is 19.1 Å². The number of Topliss-reactive ketones (excluding diaryl/α,β-unsaturated/α-hetero) is 1. The number of anilines is 1. The van der Waals surface area contributed by atoms with Crippen molar-refractivity contribution in [2.75, 3.05) is 12.8 Å². The number of methoxy groups -OCH3 is 1. The lowest BCUT2D eigenvalue weighted by Gasteiger charge is -2.00. The van der Waals surface area contributed by atoms with Gasteiger partial charge in [-0.1, -0.05) is 0 Å². The number of hydrogen-bond acceptors (Lipinski definition) is 6. The average Bonchev–Trinajstić information content (AvgIpc) is 2.28. The van der Waals surface area contributed by atoms with Crippen molar-refractivity contribution in [1.29, 1.82) is 0 Å². The molecule has 0 heterocycles. The summed E-state index contributed by atoms with van der Waals surface area (Å²) in [4.78, 5) is 29.3. The number of hydrogen-bond donors (Lipinski definition) is 2. The van der Waals surface area contributed by atoms with E-state index in [2.05, 4.69) is 0 Å². The zero-order valence-corrected chi connectivity index (χ0v) is 10.5. The normalized spacial score (nSPS) is 8.95. The van der Waals surface area contributed by atoms with E-state index in [1.54, 1.807) is 6.07 Å². The molecule has 104 valence electrons. The molecule has 0 aliphatic carbocycles. The predicted molar refractivity (Wildman–Crippen MR) is 67.0 cm³/mol. The Morgan fingerprint density at radius 1 is 1.47 bits per heavy atom. The first-order valence-corrected chi connectivity index (χ1v) is 5.07. The zero-order chi connectivity index (χ0) is 15.0. The Morgan fingerprint density at radius 3 is 2.37 bits per heavy atom. The molecule has 0 amide bonds. The second-order valence-corrected chi connectivity index (χ2v) is 3.45. The van der Waals surface area contributed by atoms with Gasteiger partial charge in [-0.2, -0.15) is 0 Å². The first-order valence-electron chi connectivity index (χ1n) is 5.07. The standard InChI is InChI=1S/C7H8N2O3.C4H6O3/c1-12-5-2-3-6(8)7(4-5)9(10)11;1-3(5)2-4(6)7/h2-4H,8H2,1H3;2H2,1H3,(H,6,7). The number of carbonyl (C=O) groups is 2. The lowest BCUT2D eigenvalue weighted by Crippen LogP contribution is -2.00. The van der Waals surface area contributed by atoms with E-state index in [0.717, 1.165) is 0 Å². The highest BCUT2D eigenvalue weighted by atomic mass is 16.6. The highest BCUT2D eigenvalue weighted by Crippen LogP contribution is 2.25. The van der Waals surface area contributed by atoms with E-state index in [-0.39, 0.29) is 23.6 Å². The summed E-state index contributed by atoms with van der Waals surface area (Å²) in [6, 6.07) is 4.30. The largest absolute Gasteiger partial charge is 0.496 e. The number of ether oxygens (including phenoxy) is 1. The summed E-state index contributed by atoms with van der Waals surface area (Å²) in [6.45, 7) is 1.24. The van der Waals surface area contributed by atoms with E-state index in [9.17, 15) is 19.7 Å². The molecule has 0 spiro atoms. The number of nitro benzene ring substituents is 1. The Morgan fingerprint density at radius 2 is 2.05 bits per heavy atom. The van der Waals surface area contributed by atoms with Gasteiger partial charge in [-0.25, -0.2) is 0 Å². The van der Waals surface area contributed by atoms with Gasteiger partial charge in [0.05, 0.1) is 18.1 Å². The number of rotatable bonds is 4. The SMILES string of the molecule is CC(=O)CC(=O)O.COc1ccc(N)c([N+](=O)[O-])c1. The summed E-state index contributed by atoms with van der Waals surface area (Å²) < 4.78 is 4.80. The van der Waals surface area contributed by atoms with Crippen LogP contribution in [0, 0.1) is 10.1 Å². The Kier molecular flexibility index (Phi) is 6.58. The second-order valence-electron chi connectivity index (χ2n) is 3.45. The smallest absolute Gasteiger partial charge is 0.310 e. The minimum Gasteiger partial charge on any atom is -0.496 e. The van der Waals surface area contributed by atoms with Crippen LogP contribution in [0.15, 0.2) is 18.2 Å². The molecule has 0 bridgehead atoms. The van der Waals surface area contributed by atoms with Crippen molar-refractivity contribution < 1.29 is 24.4 Å². The molecular formula is C11H14N2O6. The molecule has 1 aromatic rings. The number of carboxylic acids is 1. The zero-order valence-electron chi connectivity index (χ0n) is 10.5. The number of nitrogens with two attached hydrogens (primary N) is 1. The van der Waals surface area contributed by atoms with Gasteiger partial charge in [0.1, 0.15) is 23.6 Å². The van der Waals surface area contributed by atoms with Gasteiger partial charge in [-0.15, -0.1) is 0 Å². The van der Waals surface area contributed by atoms with E-state index in [0.29, 0.717) is 5.75 Å². The molecule has 8 heteroatoms. The molecule has 0 aromatic heterocycles. The van der Waals surface area contributed by atoms with Crippen LogP contribution >= 0.6 is 0 Å². The lowest BCUT2D eigenvalue weighted by molar-refractivity contribution is -0.384. The fourth-order valence-electron chi connectivity index (χ4n) is 1.02. The predicted octanol–water partition coefficient (Wildman–Crippen LogP) is 1.24. The number of nitrogen functional groups attached to an aromatic ring is 1. The highest BCUT2D eigenvalue weighted by molar-refractivity contribution is 5.93. The van der Waals surface area contributed by atoms with Crippen molar-refractivity contribution in [3.8, 4) is 5.75 Å². The Balaban J connectivity index is 0.000000399. The van der Waals surface area contributed by atoms with Crippen LogP contribution in [0.3, 0.4) is 0 Å². The van der Waals surface area contributed by atoms with Crippen molar-refractivity contribution in [2.45, 2.75) is 13.3 Å². The number of carboxylic acid groups (broad SMARTS) is 1. The summed E-state index contributed by atoms with van der Waals surface area (Å²) in [7, 11) is 1.44. The van der Waals surface area contributed by atoms with Gasteiger partial charge in [0.15, 0.2) is 0 Å². The van der Waals surface area contributed by atoms with Gasteiger partial charge >= 0.3 is 5.97 Å². The maximum Gasteiger partial charge on any atom is 0.310 e. The summed E-state index contributed by atoms with van der Waals surface area (Å²) in [6.07, 6.45) is -0.361. The number of aliphatic carboxylic acids is 1. The van der Waals surface area contributed by atoms with E-state index >= 15 is 0 Å². The van der Waals surface area contributed by atoms with Crippen LogP contribution < -0.4 is 10.5 Å². The van der Waals surface area contributed by atoms with Gasteiger partial charge < -0.3 is 15.6 Å². The Bertz CT molecular complexity index is 474. The van der Waals surface area contributed by atoms with Gasteiger partial charge in [0.25, 0.3) is 5.69 Å². The van der Waals surface area contributed by atoms with Crippen LogP contribution in [-0.4, -0.2) is 28.9 Å². The van der Waals surface area contributed by atoms with Crippen LogP contribution in [0.1, 0.15) is 13.3 Å². The molecule has 0 unspecified atom stereocenters. The molecule has 0 radical (unpaired) electrons. The molecular weight excluding hydrogens is 256 g/mol. The van der Waals surface area contributed by atoms with Crippen molar-refractivity contribution in [2.24, 2.45) is 0 Å². The Hall–Kier alpha value is -2.64. The minimum atomic E-state index is -1.06. The highest BCUT2D eigenvalue weighted by Gasteiger charge is 2.11. The maximum atomic E-state index is 10.4. The van der Waals surface area contributed by atoms with Crippen LogP contribution in [0.2, 0.25) is 0 Å². The lowest BCUT2D eigenvalue weighted by atomic mass is 10.2. The molecule has 3 N–H and O–H groups in total. The third-order valence-electron chi connectivity index (χ3n) is 1.83. The third-order valence-corrected chi connectivity index (χ3v) is 1.83. The van der Waals surface area contributed by atoms with E-state index in [1.165, 1.54) is 26.2 Å². The monoisotopic (exact) mass is 270 g/mol. The average molecular weight is 270 g/mol. The minimum absolute atomic E-state index is 0.130.